The van der Waals surface area contributed by atoms with Crippen LogP contribution in [0.15, 0.2) is 48.5 Å². The highest BCUT2D eigenvalue weighted by Crippen LogP contribution is 2.42. The lowest BCUT2D eigenvalue weighted by Gasteiger charge is -2.47. The van der Waals surface area contributed by atoms with Gasteiger partial charge in [0.15, 0.2) is 0 Å². The maximum atomic E-state index is 13.2. The van der Waals surface area contributed by atoms with Crippen molar-refractivity contribution < 1.29 is 9.53 Å². The number of H-pyrrole nitrogens is 1. The van der Waals surface area contributed by atoms with Crippen molar-refractivity contribution in [2.45, 2.75) is 46.1 Å². The van der Waals surface area contributed by atoms with Crippen molar-refractivity contribution >= 4 is 5.91 Å². The molecule has 2 saturated heterocycles. The number of rotatable bonds is 7. The molecule has 8 heteroatoms. The molecule has 2 fully saturated rings. The highest BCUT2D eigenvalue weighted by molar-refractivity contribution is 5.95. The molecular formula is C28H36N6O2. The molecule has 1 spiro atoms. The number of nitrogens with zero attached hydrogens (tertiary/aromatic N) is 5. The fourth-order valence-corrected chi connectivity index (χ4v) is 5.40. The Bertz CT molecular complexity index is 1140. The summed E-state index contributed by atoms with van der Waals surface area (Å²) in [6.07, 6.45) is 4.53. The lowest BCUT2D eigenvalue weighted by molar-refractivity contribution is 0.0283. The average Bonchev–Trinajstić information content (AvgIpc) is 3.45. The number of carbonyl (C=O) groups is 1. The standard InChI is InChI=1S/C28H36N6O2/c1-21(2)20-36-25-9-4-3-6-24(25)19-33-14-10-28(11-15-33)12-16-34(17-13-28)27(35)23-8-5-7-22(18-23)26-29-31-32-30-26/h3-9,18,21H,10-17,19-20H2,1-2H3,(H,29,30,31,32). The van der Waals surface area contributed by atoms with Gasteiger partial charge in [-0.2, -0.15) is 5.21 Å². The summed E-state index contributed by atoms with van der Waals surface area (Å²) in [5, 5.41) is 14.1. The summed E-state index contributed by atoms with van der Waals surface area (Å²) in [5.74, 6) is 2.12. The molecule has 2 aliphatic heterocycles. The summed E-state index contributed by atoms with van der Waals surface area (Å²) in [6.45, 7) is 9.87. The predicted octanol–water partition coefficient (Wildman–Crippen LogP) is 4.42. The van der Waals surface area contributed by atoms with Crippen LogP contribution in [-0.4, -0.2) is 69.1 Å². The zero-order valence-electron chi connectivity index (χ0n) is 21.3. The number of aromatic nitrogens is 4. The SMILES string of the molecule is CC(C)COc1ccccc1CN1CCC2(CC1)CCN(C(=O)c1cccc(-c3nn[nH]n3)c1)CC2. The van der Waals surface area contributed by atoms with Gasteiger partial charge in [-0.15, -0.1) is 10.2 Å². The van der Waals surface area contributed by atoms with Crippen LogP contribution in [0.2, 0.25) is 0 Å². The van der Waals surface area contributed by atoms with E-state index < -0.39 is 0 Å². The second-order valence-corrected chi connectivity index (χ2v) is 10.7. The van der Waals surface area contributed by atoms with E-state index >= 15 is 0 Å². The van der Waals surface area contributed by atoms with Crippen LogP contribution in [0, 0.1) is 11.3 Å². The summed E-state index contributed by atoms with van der Waals surface area (Å²) < 4.78 is 6.07. The number of likely N-dealkylation sites (tertiary alicyclic amines) is 2. The second-order valence-electron chi connectivity index (χ2n) is 10.7. The minimum atomic E-state index is 0.0886. The maximum absolute atomic E-state index is 13.2. The van der Waals surface area contributed by atoms with Gasteiger partial charge in [-0.05, 0) is 73.5 Å². The number of hydrogen-bond donors (Lipinski definition) is 1. The van der Waals surface area contributed by atoms with E-state index in [-0.39, 0.29) is 5.91 Å². The molecule has 0 atom stereocenters. The number of para-hydroxylation sites is 1. The first-order valence-electron chi connectivity index (χ1n) is 13.1. The summed E-state index contributed by atoms with van der Waals surface area (Å²) in [4.78, 5) is 17.8. The largest absolute Gasteiger partial charge is 0.493 e. The van der Waals surface area contributed by atoms with E-state index in [0.717, 1.165) is 63.5 Å². The van der Waals surface area contributed by atoms with Gasteiger partial charge in [0.1, 0.15) is 5.75 Å². The van der Waals surface area contributed by atoms with Crippen molar-refractivity contribution in [1.29, 1.82) is 0 Å². The van der Waals surface area contributed by atoms with E-state index in [1.165, 1.54) is 18.4 Å². The van der Waals surface area contributed by atoms with Gasteiger partial charge in [-0.1, -0.05) is 44.2 Å². The van der Waals surface area contributed by atoms with Gasteiger partial charge in [0.25, 0.3) is 5.91 Å². The van der Waals surface area contributed by atoms with Gasteiger partial charge in [0, 0.05) is 36.3 Å². The molecule has 2 aliphatic rings. The first-order valence-corrected chi connectivity index (χ1v) is 13.1. The number of benzene rings is 2. The van der Waals surface area contributed by atoms with Gasteiger partial charge in [0.2, 0.25) is 5.82 Å². The Balaban J connectivity index is 1.14. The Morgan fingerprint density at radius 3 is 2.50 bits per heavy atom. The molecule has 2 aromatic carbocycles. The first kappa shape index (κ1) is 24.4. The van der Waals surface area contributed by atoms with Crippen LogP contribution in [0.1, 0.15) is 55.5 Å². The Morgan fingerprint density at radius 1 is 1.03 bits per heavy atom. The molecule has 8 nitrogen and oxygen atoms in total. The van der Waals surface area contributed by atoms with E-state index in [1.807, 2.05) is 29.2 Å². The lowest BCUT2D eigenvalue weighted by Crippen LogP contribution is -2.48. The number of hydrogen-bond acceptors (Lipinski definition) is 6. The number of carbonyl (C=O) groups excluding carboxylic acids is 1. The van der Waals surface area contributed by atoms with Crippen LogP contribution in [0.5, 0.6) is 5.75 Å². The highest BCUT2D eigenvalue weighted by Gasteiger charge is 2.38. The molecule has 0 radical (unpaired) electrons. The third-order valence-corrected chi connectivity index (χ3v) is 7.68. The maximum Gasteiger partial charge on any atom is 0.253 e. The fourth-order valence-electron chi connectivity index (χ4n) is 5.40. The zero-order chi connectivity index (χ0) is 25.0. The van der Waals surface area contributed by atoms with Crippen LogP contribution in [-0.2, 0) is 6.54 Å². The van der Waals surface area contributed by atoms with Crippen molar-refractivity contribution in [3.8, 4) is 17.1 Å². The quantitative estimate of drug-likeness (QED) is 0.530. The molecule has 3 aromatic rings. The van der Waals surface area contributed by atoms with Crippen LogP contribution in [0.4, 0.5) is 0 Å². The van der Waals surface area contributed by atoms with E-state index in [4.69, 9.17) is 4.74 Å². The molecule has 0 unspecified atom stereocenters. The van der Waals surface area contributed by atoms with Gasteiger partial charge in [0.05, 0.1) is 6.61 Å². The fraction of sp³-hybridized carbons (Fsp3) is 0.500. The van der Waals surface area contributed by atoms with Gasteiger partial charge >= 0.3 is 0 Å². The van der Waals surface area contributed by atoms with Crippen LogP contribution >= 0.6 is 0 Å². The summed E-state index contributed by atoms with van der Waals surface area (Å²) in [7, 11) is 0. The number of piperidine rings is 2. The Morgan fingerprint density at radius 2 is 1.78 bits per heavy atom. The van der Waals surface area contributed by atoms with E-state index in [2.05, 4.69) is 63.6 Å². The molecule has 0 saturated carbocycles. The van der Waals surface area contributed by atoms with Crippen LogP contribution in [0.3, 0.4) is 0 Å². The topological polar surface area (TPSA) is 87.2 Å². The van der Waals surface area contributed by atoms with Crippen LogP contribution < -0.4 is 4.74 Å². The third kappa shape index (κ3) is 5.59. The minimum absolute atomic E-state index is 0.0886. The Kier molecular flexibility index (Phi) is 7.32. The van der Waals surface area contributed by atoms with E-state index in [9.17, 15) is 4.79 Å². The first-order chi connectivity index (χ1) is 17.5. The van der Waals surface area contributed by atoms with Gasteiger partial charge < -0.3 is 9.64 Å². The number of ether oxygens (including phenoxy) is 1. The third-order valence-electron chi connectivity index (χ3n) is 7.68. The minimum Gasteiger partial charge on any atom is -0.493 e. The number of nitrogens with one attached hydrogen (secondary N) is 1. The van der Waals surface area contributed by atoms with Gasteiger partial charge in [-0.25, -0.2) is 0 Å². The smallest absolute Gasteiger partial charge is 0.253 e. The molecular weight excluding hydrogens is 452 g/mol. The van der Waals surface area contributed by atoms with E-state index in [0.29, 0.717) is 22.7 Å². The molecule has 5 rings (SSSR count). The molecule has 1 amide bonds. The van der Waals surface area contributed by atoms with Crippen LogP contribution in [0.25, 0.3) is 11.4 Å². The highest BCUT2D eigenvalue weighted by atomic mass is 16.5. The van der Waals surface area contributed by atoms with Crippen molar-refractivity contribution in [3.05, 3.63) is 59.7 Å². The monoisotopic (exact) mass is 488 g/mol. The summed E-state index contributed by atoms with van der Waals surface area (Å²) >= 11 is 0. The molecule has 3 heterocycles. The Labute approximate surface area is 213 Å². The second kappa shape index (κ2) is 10.8. The van der Waals surface area contributed by atoms with Crippen molar-refractivity contribution in [2.24, 2.45) is 11.3 Å². The lowest BCUT2D eigenvalue weighted by atomic mass is 9.71. The van der Waals surface area contributed by atoms with Crippen molar-refractivity contribution in [1.82, 2.24) is 30.4 Å². The predicted molar refractivity (Wildman–Crippen MR) is 138 cm³/mol. The Hall–Kier alpha value is -3.26. The normalized spacial score (nSPS) is 18.0. The molecule has 0 aliphatic carbocycles. The van der Waals surface area contributed by atoms with E-state index in [1.54, 1.807) is 0 Å². The zero-order valence-corrected chi connectivity index (χ0v) is 21.3. The number of tetrazole rings is 1. The molecule has 0 bridgehead atoms. The summed E-state index contributed by atoms with van der Waals surface area (Å²) in [5.41, 5.74) is 3.11. The van der Waals surface area contributed by atoms with Crippen molar-refractivity contribution in [2.75, 3.05) is 32.8 Å². The average molecular weight is 489 g/mol. The van der Waals surface area contributed by atoms with Crippen molar-refractivity contribution in [3.63, 3.8) is 0 Å². The molecule has 1 N–H and O–H groups in total. The number of aromatic amines is 1. The molecule has 190 valence electrons. The summed E-state index contributed by atoms with van der Waals surface area (Å²) in [6, 6.07) is 16.0. The molecule has 1 aromatic heterocycles. The number of amides is 1. The molecule has 36 heavy (non-hydrogen) atoms. The van der Waals surface area contributed by atoms with Gasteiger partial charge in [-0.3, -0.25) is 9.69 Å².